The first-order valence-corrected chi connectivity index (χ1v) is 10.1. The molecular formula is C21H34N2O2. The average Bonchev–Trinajstić information content (AvgIpc) is 3.04. The molecule has 0 spiro atoms. The number of carbonyl (C=O) groups excluding carboxylic acids is 2. The largest absolute Gasteiger partial charge is 0.300 e. The van der Waals surface area contributed by atoms with Gasteiger partial charge in [0.15, 0.2) is 5.78 Å². The molecule has 0 radical (unpaired) electrons. The van der Waals surface area contributed by atoms with E-state index >= 15 is 0 Å². The molecule has 4 heteroatoms. The van der Waals surface area contributed by atoms with Crippen molar-refractivity contribution in [3.63, 3.8) is 0 Å². The number of rotatable bonds is 16. The van der Waals surface area contributed by atoms with Gasteiger partial charge < -0.3 is 0 Å². The molecule has 0 aromatic heterocycles. The summed E-state index contributed by atoms with van der Waals surface area (Å²) in [6.45, 7) is 2.26. The van der Waals surface area contributed by atoms with E-state index in [-0.39, 0.29) is 11.4 Å². The van der Waals surface area contributed by atoms with E-state index < -0.39 is 5.91 Å². The van der Waals surface area contributed by atoms with Crippen LogP contribution in [0.25, 0.3) is 0 Å². The number of hydrogen-bond acceptors (Lipinski definition) is 3. The predicted octanol–water partition coefficient (Wildman–Crippen LogP) is 6.47. The molecule has 0 unspecified atom stereocenters. The summed E-state index contributed by atoms with van der Waals surface area (Å²) < 4.78 is 0. The first kappa shape index (κ1) is 21.5. The van der Waals surface area contributed by atoms with Crippen LogP contribution >= 0.6 is 0 Å². The maximum absolute atomic E-state index is 11.8. The normalized spacial score (nSPS) is 13.8. The Labute approximate surface area is 152 Å². The standard InChI is InChI=1S/C21H34N2O2/c1-2-3-4-5-6-7-8-9-10-11-12-13-14-15-16-17-20(24)19-18-22-23-21(19)25/h9-10,18H,2-8,11-17H2,1H3. The van der Waals surface area contributed by atoms with Gasteiger partial charge in [-0.3, -0.25) is 9.59 Å². The molecule has 0 N–H and O–H groups in total. The van der Waals surface area contributed by atoms with Crippen LogP contribution in [0.5, 0.6) is 0 Å². The van der Waals surface area contributed by atoms with Gasteiger partial charge in [0, 0.05) is 6.42 Å². The number of unbranched alkanes of at least 4 members (excludes halogenated alkanes) is 11. The van der Waals surface area contributed by atoms with Gasteiger partial charge in [0.1, 0.15) is 5.57 Å². The second kappa shape index (κ2) is 14.7. The van der Waals surface area contributed by atoms with Gasteiger partial charge in [-0.05, 0) is 32.1 Å². The minimum Gasteiger partial charge on any atom is -0.294 e. The molecule has 4 nitrogen and oxygen atoms in total. The molecule has 0 aromatic rings. The topological polar surface area (TPSA) is 58.9 Å². The average molecular weight is 347 g/mol. The van der Waals surface area contributed by atoms with Gasteiger partial charge >= 0.3 is 5.91 Å². The second-order valence-corrected chi connectivity index (χ2v) is 6.82. The van der Waals surface area contributed by atoms with Crippen LogP contribution in [0.1, 0.15) is 96.8 Å². The van der Waals surface area contributed by atoms with Crippen molar-refractivity contribution in [3.05, 3.63) is 23.9 Å². The zero-order chi connectivity index (χ0) is 18.2. The van der Waals surface area contributed by atoms with Crippen molar-refractivity contribution in [2.45, 2.75) is 96.8 Å². The first-order chi connectivity index (χ1) is 12.3. The molecule has 140 valence electrons. The van der Waals surface area contributed by atoms with E-state index in [1.807, 2.05) is 0 Å². The number of allylic oxidation sites excluding steroid dienone is 2. The van der Waals surface area contributed by atoms with Gasteiger partial charge in [-0.1, -0.05) is 70.4 Å². The monoisotopic (exact) mass is 346 g/mol. The van der Waals surface area contributed by atoms with Gasteiger partial charge in [-0.2, -0.15) is 5.11 Å². The zero-order valence-electron chi connectivity index (χ0n) is 15.8. The van der Waals surface area contributed by atoms with Gasteiger partial charge in [0.05, 0.1) is 6.20 Å². The number of ketones is 1. The lowest BCUT2D eigenvalue weighted by molar-refractivity contribution is -0.120. The Morgan fingerprint density at radius 1 is 0.880 bits per heavy atom. The molecule has 1 aliphatic rings. The molecule has 1 rings (SSSR count). The van der Waals surface area contributed by atoms with Gasteiger partial charge in [-0.25, -0.2) is 0 Å². The second-order valence-electron chi connectivity index (χ2n) is 6.82. The smallest absolute Gasteiger partial charge is 0.294 e. The van der Waals surface area contributed by atoms with E-state index in [4.69, 9.17) is 0 Å². The number of nitrogens with zero attached hydrogens (tertiary/aromatic N) is 2. The van der Waals surface area contributed by atoms with Gasteiger partial charge in [0.25, 0.3) is 0 Å². The molecule has 0 aliphatic carbocycles. The van der Waals surface area contributed by atoms with Crippen LogP contribution in [0.15, 0.2) is 34.2 Å². The first-order valence-electron chi connectivity index (χ1n) is 10.1. The molecule has 25 heavy (non-hydrogen) atoms. The van der Waals surface area contributed by atoms with Crippen molar-refractivity contribution >= 4 is 11.7 Å². The molecule has 1 heterocycles. The summed E-state index contributed by atoms with van der Waals surface area (Å²) in [6, 6.07) is 0. The van der Waals surface area contributed by atoms with E-state index in [0.29, 0.717) is 6.42 Å². The quantitative estimate of drug-likeness (QED) is 0.183. The van der Waals surface area contributed by atoms with Crippen LogP contribution in [-0.2, 0) is 9.59 Å². The summed E-state index contributed by atoms with van der Waals surface area (Å²) in [5, 5.41) is 6.80. The number of Topliss-reactive ketones (excluding diaryl/α,β-unsaturated/α-hetero) is 1. The maximum Gasteiger partial charge on any atom is 0.300 e. The fraction of sp³-hybridized carbons (Fsp3) is 0.714. The molecular weight excluding hydrogens is 312 g/mol. The van der Waals surface area contributed by atoms with Crippen LogP contribution < -0.4 is 0 Å². The van der Waals surface area contributed by atoms with Gasteiger partial charge in [0.2, 0.25) is 0 Å². The highest BCUT2D eigenvalue weighted by molar-refractivity contribution is 6.20. The Morgan fingerprint density at radius 3 is 2.00 bits per heavy atom. The van der Waals surface area contributed by atoms with Crippen LogP contribution in [0.4, 0.5) is 0 Å². The van der Waals surface area contributed by atoms with Gasteiger partial charge in [-0.15, -0.1) is 5.11 Å². The van der Waals surface area contributed by atoms with Crippen LogP contribution in [-0.4, -0.2) is 11.7 Å². The molecule has 0 saturated carbocycles. The van der Waals surface area contributed by atoms with E-state index in [0.717, 1.165) is 19.3 Å². The Bertz CT molecular complexity index is 478. The zero-order valence-corrected chi connectivity index (χ0v) is 15.8. The van der Waals surface area contributed by atoms with E-state index in [1.54, 1.807) is 0 Å². The van der Waals surface area contributed by atoms with E-state index in [1.165, 1.54) is 70.4 Å². The highest BCUT2D eigenvalue weighted by Gasteiger charge is 2.20. The lowest BCUT2D eigenvalue weighted by Crippen LogP contribution is -2.08. The molecule has 0 saturated heterocycles. The lowest BCUT2D eigenvalue weighted by Gasteiger charge is -2.01. The highest BCUT2D eigenvalue weighted by Crippen LogP contribution is 2.14. The fourth-order valence-corrected chi connectivity index (χ4v) is 2.93. The summed E-state index contributed by atoms with van der Waals surface area (Å²) in [5.41, 5.74) is 0.149. The third-order valence-corrected chi connectivity index (χ3v) is 4.53. The molecule has 1 aliphatic heterocycles. The van der Waals surface area contributed by atoms with Crippen molar-refractivity contribution < 1.29 is 9.59 Å². The van der Waals surface area contributed by atoms with E-state index in [2.05, 4.69) is 29.3 Å². The summed E-state index contributed by atoms with van der Waals surface area (Å²) in [5.74, 6) is -0.606. The molecule has 1 amide bonds. The van der Waals surface area contributed by atoms with Crippen molar-refractivity contribution in [3.8, 4) is 0 Å². The lowest BCUT2D eigenvalue weighted by atomic mass is 10.0. The Balaban J connectivity index is 1.83. The third-order valence-electron chi connectivity index (χ3n) is 4.53. The molecule has 0 atom stereocenters. The summed E-state index contributed by atoms with van der Waals surface area (Å²) in [4.78, 5) is 23.0. The molecule has 0 aromatic carbocycles. The number of amides is 1. The minimum atomic E-state index is -0.488. The van der Waals surface area contributed by atoms with E-state index in [9.17, 15) is 9.59 Å². The Hall–Kier alpha value is -1.58. The molecule has 0 bridgehead atoms. The summed E-state index contributed by atoms with van der Waals surface area (Å²) in [7, 11) is 0. The Kier molecular flexibility index (Phi) is 12.7. The van der Waals surface area contributed by atoms with Crippen LogP contribution in [0.3, 0.4) is 0 Å². The van der Waals surface area contributed by atoms with Crippen molar-refractivity contribution in [1.82, 2.24) is 0 Å². The van der Waals surface area contributed by atoms with Crippen molar-refractivity contribution in [1.29, 1.82) is 0 Å². The van der Waals surface area contributed by atoms with Crippen molar-refractivity contribution in [2.24, 2.45) is 10.2 Å². The summed E-state index contributed by atoms with van der Waals surface area (Å²) >= 11 is 0. The fourth-order valence-electron chi connectivity index (χ4n) is 2.93. The number of hydrogen-bond donors (Lipinski definition) is 0. The maximum atomic E-state index is 11.8. The Morgan fingerprint density at radius 2 is 1.44 bits per heavy atom. The highest BCUT2D eigenvalue weighted by atomic mass is 16.2. The SMILES string of the molecule is CCCCCCCCC=CCCCCCCCC(=O)C1=CN=NC1=O. The minimum absolute atomic E-state index is 0.118. The molecule has 0 fully saturated rings. The summed E-state index contributed by atoms with van der Waals surface area (Å²) in [6.07, 6.45) is 22.4. The van der Waals surface area contributed by atoms with Crippen LogP contribution in [0.2, 0.25) is 0 Å². The predicted molar refractivity (Wildman–Crippen MR) is 102 cm³/mol. The third kappa shape index (κ3) is 10.8. The number of azo groups is 1. The van der Waals surface area contributed by atoms with Crippen LogP contribution in [0, 0.1) is 0 Å². The van der Waals surface area contributed by atoms with Crippen molar-refractivity contribution in [2.75, 3.05) is 0 Å². The number of carbonyl (C=O) groups is 2.